The van der Waals surface area contributed by atoms with Crippen molar-refractivity contribution in [1.82, 2.24) is 5.32 Å². The van der Waals surface area contributed by atoms with Crippen LogP contribution in [0, 0.1) is 5.82 Å². The molecule has 2 aromatic rings. The highest BCUT2D eigenvalue weighted by Gasteiger charge is 2.05. The lowest BCUT2D eigenvalue weighted by atomic mass is 10.1. The molecule has 0 fully saturated rings. The molecule has 4 nitrogen and oxygen atoms in total. The Hall–Kier alpha value is -1.44. The van der Waals surface area contributed by atoms with Gasteiger partial charge in [-0.15, -0.1) is 11.3 Å². The van der Waals surface area contributed by atoms with Crippen molar-refractivity contribution in [3.63, 3.8) is 0 Å². The number of oxime groups is 1. The number of thiophene rings is 1. The summed E-state index contributed by atoms with van der Waals surface area (Å²) in [5.41, 5.74) is 6.60. The molecule has 0 aliphatic rings. The van der Waals surface area contributed by atoms with Gasteiger partial charge < -0.3 is 16.3 Å². The van der Waals surface area contributed by atoms with Crippen molar-refractivity contribution in [1.29, 1.82) is 0 Å². The topological polar surface area (TPSA) is 70.6 Å². The minimum Gasteiger partial charge on any atom is -0.409 e. The SMILES string of the molecule is N/C(=N/O)c1cc(F)cc(CNCCc2ccc(Br)s2)c1. The summed E-state index contributed by atoms with van der Waals surface area (Å²) in [5.74, 6) is -0.503. The molecule has 0 saturated carbocycles. The first kappa shape index (κ1) is 15.9. The highest BCUT2D eigenvalue weighted by Crippen LogP contribution is 2.22. The van der Waals surface area contributed by atoms with Gasteiger partial charge in [-0.2, -0.15) is 0 Å². The zero-order valence-corrected chi connectivity index (χ0v) is 13.5. The maximum atomic E-state index is 13.5. The maximum Gasteiger partial charge on any atom is 0.170 e. The highest BCUT2D eigenvalue weighted by atomic mass is 79.9. The summed E-state index contributed by atoms with van der Waals surface area (Å²) in [6.45, 7) is 1.32. The number of hydrogen-bond donors (Lipinski definition) is 3. The van der Waals surface area contributed by atoms with E-state index in [0.29, 0.717) is 12.1 Å². The standard InChI is InChI=1S/C14H15BrFN3OS/c15-13-2-1-12(21-13)3-4-18-8-9-5-10(14(17)19-20)7-11(16)6-9/h1-2,5-7,18,20H,3-4,8H2,(H2,17,19). The Morgan fingerprint density at radius 3 is 2.86 bits per heavy atom. The van der Waals surface area contributed by atoms with E-state index in [0.717, 1.165) is 22.3 Å². The monoisotopic (exact) mass is 371 g/mol. The lowest BCUT2D eigenvalue weighted by molar-refractivity contribution is 0.318. The number of rotatable bonds is 6. The Bertz CT molecular complexity index is 645. The predicted molar refractivity (Wildman–Crippen MR) is 86.3 cm³/mol. The van der Waals surface area contributed by atoms with E-state index in [1.807, 2.05) is 6.07 Å². The molecule has 112 valence electrons. The van der Waals surface area contributed by atoms with Crippen molar-refractivity contribution in [3.05, 3.63) is 55.9 Å². The van der Waals surface area contributed by atoms with E-state index in [2.05, 4.69) is 32.5 Å². The summed E-state index contributed by atoms with van der Waals surface area (Å²) in [4.78, 5) is 1.28. The molecule has 0 aliphatic heterocycles. The van der Waals surface area contributed by atoms with Gasteiger partial charge in [-0.05, 0) is 58.2 Å². The molecule has 0 saturated heterocycles. The molecule has 4 N–H and O–H groups in total. The molecule has 7 heteroatoms. The first-order chi connectivity index (χ1) is 10.1. The lowest BCUT2D eigenvalue weighted by Gasteiger charge is -2.07. The van der Waals surface area contributed by atoms with Gasteiger partial charge >= 0.3 is 0 Å². The Morgan fingerprint density at radius 1 is 1.38 bits per heavy atom. The second-order valence-electron chi connectivity index (χ2n) is 4.47. The summed E-state index contributed by atoms with van der Waals surface area (Å²) in [7, 11) is 0. The molecule has 0 spiro atoms. The van der Waals surface area contributed by atoms with Gasteiger partial charge in [0.15, 0.2) is 5.84 Å². The van der Waals surface area contributed by atoms with Gasteiger partial charge in [-0.25, -0.2) is 4.39 Å². The smallest absolute Gasteiger partial charge is 0.170 e. The molecular formula is C14H15BrFN3OS. The number of hydrogen-bond acceptors (Lipinski definition) is 4. The van der Waals surface area contributed by atoms with Gasteiger partial charge in [0.2, 0.25) is 0 Å². The molecule has 1 heterocycles. The highest BCUT2D eigenvalue weighted by molar-refractivity contribution is 9.11. The molecule has 2 rings (SSSR count). The van der Waals surface area contributed by atoms with E-state index in [1.165, 1.54) is 17.0 Å². The summed E-state index contributed by atoms with van der Waals surface area (Å²) in [6, 6.07) is 8.47. The van der Waals surface area contributed by atoms with E-state index in [4.69, 9.17) is 10.9 Å². The Labute approximate surface area is 134 Å². The van der Waals surface area contributed by atoms with Crippen LogP contribution in [0.15, 0.2) is 39.3 Å². The zero-order chi connectivity index (χ0) is 15.2. The largest absolute Gasteiger partial charge is 0.409 e. The number of nitrogens with zero attached hydrogens (tertiary/aromatic N) is 1. The van der Waals surface area contributed by atoms with Crippen LogP contribution < -0.4 is 11.1 Å². The van der Waals surface area contributed by atoms with Gasteiger partial charge in [0.25, 0.3) is 0 Å². The second kappa shape index (κ2) is 7.53. The van der Waals surface area contributed by atoms with E-state index in [-0.39, 0.29) is 5.84 Å². The summed E-state index contributed by atoms with van der Waals surface area (Å²) >= 11 is 5.13. The first-order valence-electron chi connectivity index (χ1n) is 6.31. The van der Waals surface area contributed by atoms with Crippen LogP contribution in [0.1, 0.15) is 16.0 Å². The molecule has 0 unspecified atom stereocenters. The van der Waals surface area contributed by atoms with E-state index in [1.54, 1.807) is 17.4 Å². The van der Waals surface area contributed by atoms with Gasteiger partial charge in [-0.3, -0.25) is 0 Å². The fourth-order valence-electron chi connectivity index (χ4n) is 1.89. The third-order valence-corrected chi connectivity index (χ3v) is 4.55. The molecule has 0 atom stereocenters. The lowest BCUT2D eigenvalue weighted by Crippen LogP contribution is -2.18. The number of benzene rings is 1. The number of amidine groups is 1. The van der Waals surface area contributed by atoms with Crippen molar-refractivity contribution in [2.24, 2.45) is 10.9 Å². The second-order valence-corrected chi connectivity index (χ2v) is 7.01. The van der Waals surface area contributed by atoms with Crippen molar-refractivity contribution < 1.29 is 9.60 Å². The van der Waals surface area contributed by atoms with E-state index < -0.39 is 5.82 Å². The first-order valence-corrected chi connectivity index (χ1v) is 7.91. The van der Waals surface area contributed by atoms with Crippen LogP contribution in [-0.2, 0) is 13.0 Å². The Kier molecular flexibility index (Phi) is 5.72. The van der Waals surface area contributed by atoms with Crippen LogP contribution >= 0.6 is 27.3 Å². The van der Waals surface area contributed by atoms with Gasteiger partial charge in [-0.1, -0.05) is 5.16 Å². The Morgan fingerprint density at radius 2 is 2.19 bits per heavy atom. The molecule has 0 aliphatic carbocycles. The fraction of sp³-hybridized carbons (Fsp3) is 0.214. The van der Waals surface area contributed by atoms with Crippen molar-refractivity contribution in [2.75, 3.05) is 6.54 Å². The molecular weight excluding hydrogens is 357 g/mol. The third kappa shape index (κ3) is 4.80. The van der Waals surface area contributed by atoms with Crippen LogP contribution in [0.25, 0.3) is 0 Å². The third-order valence-electron chi connectivity index (χ3n) is 2.87. The normalized spacial score (nSPS) is 11.8. The Balaban J connectivity index is 1.89. The molecule has 0 amide bonds. The van der Waals surface area contributed by atoms with Gasteiger partial charge in [0.05, 0.1) is 3.79 Å². The molecule has 21 heavy (non-hydrogen) atoms. The average molecular weight is 372 g/mol. The van der Waals surface area contributed by atoms with Crippen molar-refractivity contribution in [3.8, 4) is 0 Å². The molecule has 0 radical (unpaired) electrons. The number of nitrogens with one attached hydrogen (secondary N) is 1. The van der Waals surface area contributed by atoms with Crippen LogP contribution in [-0.4, -0.2) is 17.6 Å². The number of halogens is 2. The summed E-state index contributed by atoms with van der Waals surface area (Å²) < 4.78 is 14.6. The zero-order valence-electron chi connectivity index (χ0n) is 11.1. The van der Waals surface area contributed by atoms with Crippen molar-refractivity contribution >= 4 is 33.1 Å². The minimum atomic E-state index is -0.405. The molecule has 1 aromatic heterocycles. The van der Waals surface area contributed by atoms with E-state index in [9.17, 15) is 4.39 Å². The van der Waals surface area contributed by atoms with Gasteiger partial charge in [0, 0.05) is 23.5 Å². The fourth-order valence-corrected chi connectivity index (χ4v) is 3.37. The molecule has 1 aromatic carbocycles. The van der Waals surface area contributed by atoms with Crippen LogP contribution in [0.4, 0.5) is 4.39 Å². The van der Waals surface area contributed by atoms with Crippen LogP contribution in [0.2, 0.25) is 0 Å². The molecule has 0 bridgehead atoms. The average Bonchev–Trinajstić information content (AvgIpc) is 2.88. The van der Waals surface area contributed by atoms with Crippen LogP contribution in [0.5, 0.6) is 0 Å². The van der Waals surface area contributed by atoms with Crippen molar-refractivity contribution in [2.45, 2.75) is 13.0 Å². The van der Waals surface area contributed by atoms with E-state index >= 15 is 0 Å². The minimum absolute atomic E-state index is 0.0980. The summed E-state index contributed by atoms with van der Waals surface area (Å²) in [5, 5.41) is 14.8. The van der Waals surface area contributed by atoms with Crippen LogP contribution in [0.3, 0.4) is 0 Å². The summed E-state index contributed by atoms with van der Waals surface area (Å²) in [6.07, 6.45) is 0.915. The van der Waals surface area contributed by atoms with Gasteiger partial charge in [0.1, 0.15) is 5.82 Å². The number of nitrogens with two attached hydrogens (primary N) is 1. The predicted octanol–water partition coefficient (Wildman–Crippen LogP) is 3.08. The quantitative estimate of drug-likeness (QED) is 0.240. The maximum absolute atomic E-state index is 13.5.